The molecule has 0 bridgehead atoms. The van der Waals surface area contributed by atoms with Crippen molar-refractivity contribution in [3.63, 3.8) is 0 Å². The number of amides is 1. The number of hydrogen-bond donors (Lipinski definition) is 3. The largest absolute Gasteiger partial charge is 0.384 e. The standard InChI is InChI=1S/C34H35Cl2FN6O2/c1-19(12-23-17-39-30-11-7-24(37)15-26(23)30)40-34-41-31-18-42(32(44)22-6-10-28(35)29(36)14-22)20(2)13-27(31)33(45)43(34)25-8-4-21(5-9-25)16-38-3/h4-11,14-15,19-20,23,38-39H,12-13,16-18H2,1-3H3,(H,40,41)/t19?,20-,23?/m1/s1. The van der Waals surface area contributed by atoms with Crippen LogP contribution in [0, 0.1) is 5.82 Å². The Bertz CT molecular complexity index is 1810. The predicted molar refractivity (Wildman–Crippen MR) is 177 cm³/mol. The predicted octanol–water partition coefficient (Wildman–Crippen LogP) is 6.38. The molecule has 45 heavy (non-hydrogen) atoms. The summed E-state index contributed by atoms with van der Waals surface area (Å²) in [5.41, 5.74) is 5.07. The summed E-state index contributed by atoms with van der Waals surface area (Å²) < 4.78 is 15.7. The number of nitrogens with zero attached hydrogens (tertiary/aromatic N) is 3. The highest BCUT2D eigenvalue weighted by atomic mass is 35.5. The van der Waals surface area contributed by atoms with Crippen LogP contribution < -0.4 is 21.5 Å². The maximum atomic E-state index is 14.2. The Hall–Kier alpha value is -3.92. The number of fused-ring (bicyclic) bond motifs is 2. The van der Waals surface area contributed by atoms with E-state index in [1.165, 1.54) is 6.07 Å². The smallest absolute Gasteiger partial charge is 0.263 e. The lowest BCUT2D eigenvalue weighted by atomic mass is 9.94. The lowest BCUT2D eigenvalue weighted by molar-refractivity contribution is 0.0653. The quantitative estimate of drug-likeness (QED) is 0.205. The zero-order valence-corrected chi connectivity index (χ0v) is 26.8. The average molecular weight is 650 g/mol. The van der Waals surface area contributed by atoms with E-state index in [1.54, 1.807) is 39.8 Å². The summed E-state index contributed by atoms with van der Waals surface area (Å²) in [7, 11) is 1.89. The topological polar surface area (TPSA) is 91.3 Å². The van der Waals surface area contributed by atoms with E-state index in [0.717, 1.165) is 16.8 Å². The fourth-order valence-corrected chi connectivity index (χ4v) is 6.62. The van der Waals surface area contributed by atoms with E-state index >= 15 is 0 Å². The Morgan fingerprint density at radius 3 is 2.62 bits per heavy atom. The molecule has 11 heteroatoms. The molecule has 2 aliphatic heterocycles. The van der Waals surface area contributed by atoms with Crippen molar-refractivity contribution in [2.75, 3.05) is 24.2 Å². The monoisotopic (exact) mass is 648 g/mol. The van der Waals surface area contributed by atoms with E-state index in [-0.39, 0.29) is 41.8 Å². The third-order valence-corrected chi connectivity index (χ3v) is 9.36. The van der Waals surface area contributed by atoms with Crippen LogP contribution in [-0.2, 0) is 19.5 Å². The van der Waals surface area contributed by atoms with Gasteiger partial charge in [0.25, 0.3) is 11.5 Å². The van der Waals surface area contributed by atoms with Crippen LogP contribution in [0.3, 0.4) is 0 Å². The lowest BCUT2D eigenvalue weighted by Gasteiger charge is -2.35. The van der Waals surface area contributed by atoms with Gasteiger partial charge in [-0.25, -0.2) is 13.9 Å². The first-order chi connectivity index (χ1) is 21.6. The molecule has 6 rings (SSSR count). The first kappa shape index (κ1) is 31.1. The van der Waals surface area contributed by atoms with Crippen LogP contribution in [0.25, 0.3) is 5.69 Å². The van der Waals surface area contributed by atoms with Crippen molar-refractivity contribution in [2.24, 2.45) is 0 Å². The van der Waals surface area contributed by atoms with Crippen LogP contribution in [0.4, 0.5) is 16.0 Å². The highest BCUT2D eigenvalue weighted by Gasteiger charge is 2.33. The van der Waals surface area contributed by atoms with Gasteiger partial charge in [-0.3, -0.25) is 9.59 Å². The molecule has 4 aromatic rings. The van der Waals surface area contributed by atoms with Gasteiger partial charge in [-0.1, -0.05) is 35.3 Å². The third kappa shape index (κ3) is 6.30. The zero-order valence-electron chi connectivity index (χ0n) is 25.3. The molecule has 3 N–H and O–H groups in total. The highest BCUT2D eigenvalue weighted by Crippen LogP contribution is 2.35. The van der Waals surface area contributed by atoms with Crippen molar-refractivity contribution < 1.29 is 9.18 Å². The molecule has 0 spiro atoms. The molecule has 3 heterocycles. The molecule has 0 radical (unpaired) electrons. The second kappa shape index (κ2) is 12.8. The molecule has 1 aromatic heterocycles. The number of carbonyl (C=O) groups is 1. The van der Waals surface area contributed by atoms with E-state index in [0.29, 0.717) is 64.4 Å². The molecular weight excluding hydrogens is 614 g/mol. The number of hydrogen-bond acceptors (Lipinski definition) is 6. The molecule has 234 valence electrons. The molecule has 2 unspecified atom stereocenters. The summed E-state index contributed by atoms with van der Waals surface area (Å²) in [6.07, 6.45) is 1.05. The maximum absolute atomic E-state index is 14.2. The van der Waals surface area contributed by atoms with Gasteiger partial charge in [0.15, 0.2) is 0 Å². The molecule has 0 aliphatic carbocycles. The van der Waals surface area contributed by atoms with Crippen molar-refractivity contribution in [3.8, 4) is 5.69 Å². The van der Waals surface area contributed by atoms with E-state index in [9.17, 15) is 14.0 Å². The van der Waals surface area contributed by atoms with Crippen molar-refractivity contribution in [2.45, 2.75) is 57.8 Å². The fraction of sp³-hybridized carbons (Fsp3) is 0.324. The maximum Gasteiger partial charge on any atom is 0.263 e. The molecule has 3 atom stereocenters. The Kier molecular flexibility index (Phi) is 8.86. The van der Waals surface area contributed by atoms with Gasteiger partial charge in [0.1, 0.15) is 5.82 Å². The van der Waals surface area contributed by atoms with Crippen LogP contribution in [-0.4, -0.2) is 46.0 Å². The first-order valence-corrected chi connectivity index (χ1v) is 15.8. The van der Waals surface area contributed by atoms with Crippen LogP contribution in [0.2, 0.25) is 10.0 Å². The second-order valence-corrected chi connectivity index (χ2v) is 12.7. The second-order valence-electron chi connectivity index (χ2n) is 11.9. The lowest BCUT2D eigenvalue weighted by Crippen LogP contribution is -2.46. The number of aromatic nitrogens is 2. The van der Waals surface area contributed by atoms with Gasteiger partial charge in [-0.2, -0.15) is 0 Å². The van der Waals surface area contributed by atoms with Gasteiger partial charge in [0.05, 0.1) is 28.0 Å². The van der Waals surface area contributed by atoms with Gasteiger partial charge in [0, 0.05) is 47.9 Å². The molecule has 0 saturated carbocycles. The van der Waals surface area contributed by atoms with Crippen LogP contribution >= 0.6 is 23.2 Å². The van der Waals surface area contributed by atoms with Crippen LogP contribution in [0.1, 0.15) is 58.9 Å². The molecule has 3 aromatic carbocycles. The van der Waals surface area contributed by atoms with Gasteiger partial charge >= 0.3 is 0 Å². The molecule has 0 saturated heterocycles. The third-order valence-electron chi connectivity index (χ3n) is 8.62. The van der Waals surface area contributed by atoms with E-state index in [1.807, 2.05) is 45.2 Å². The van der Waals surface area contributed by atoms with Gasteiger partial charge in [-0.15, -0.1) is 0 Å². The van der Waals surface area contributed by atoms with Crippen molar-refractivity contribution in [1.29, 1.82) is 0 Å². The molecule has 0 fully saturated rings. The number of rotatable bonds is 8. The first-order valence-electron chi connectivity index (χ1n) is 15.1. The Labute approximate surface area is 271 Å². The van der Waals surface area contributed by atoms with Crippen molar-refractivity contribution in [1.82, 2.24) is 19.8 Å². The molecular formula is C34H35Cl2FN6O2. The van der Waals surface area contributed by atoms with Crippen LogP contribution in [0.15, 0.2) is 65.5 Å². The molecule has 2 aliphatic rings. The zero-order chi connectivity index (χ0) is 31.8. The Morgan fingerprint density at radius 2 is 1.89 bits per heavy atom. The van der Waals surface area contributed by atoms with E-state index in [4.69, 9.17) is 28.2 Å². The summed E-state index contributed by atoms with van der Waals surface area (Å²) in [5, 5.41) is 10.7. The van der Waals surface area contributed by atoms with Crippen molar-refractivity contribution >= 4 is 40.7 Å². The summed E-state index contributed by atoms with van der Waals surface area (Å²) in [4.78, 5) is 34.5. The van der Waals surface area contributed by atoms with Gasteiger partial charge in [-0.05, 0) is 93.4 Å². The number of nitrogens with one attached hydrogen (secondary N) is 3. The minimum Gasteiger partial charge on any atom is -0.384 e. The summed E-state index contributed by atoms with van der Waals surface area (Å²) >= 11 is 12.3. The van der Waals surface area contributed by atoms with E-state index < -0.39 is 0 Å². The summed E-state index contributed by atoms with van der Waals surface area (Å²) in [5.74, 6) is 0.0241. The fourth-order valence-electron chi connectivity index (χ4n) is 6.32. The highest BCUT2D eigenvalue weighted by molar-refractivity contribution is 6.42. The van der Waals surface area contributed by atoms with Crippen LogP contribution in [0.5, 0.6) is 0 Å². The normalized spacial score (nSPS) is 17.8. The average Bonchev–Trinajstić information content (AvgIpc) is 3.40. The van der Waals surface area contributed by atoms with Crippen molar-refractivity contribution in [3.05, 3.63) is 115 Å². The number of anilines is 2. The van der Waals surface area contributed by atoms with Gasteiger partial charge < -0.3 is 20.9 Å². The minimum absolute atomic E-state index is 0.0944. The van der Waals surface area contributed by atoms with Gasteiger partial charge in [0.2, 0.25) is 5.95 Å². The minimum atomic E-state index is -0.260. The SMILES string of the molecule is CNCc1ccc(-n2c(NC(C)CC3CNc4ccc(F)cc43)nc3c(c2=O)C[C@@H](C)N(C(=O)c2ccc(Cl)c(Cl)c2)C3)cc1. The molecule has 1 amide bonds. The summed E-state index contributed by atoms with van der Waals surface area (Å²) in [6.45, 7) is 5.54. The number of halogens is 3. The Balaban J connectivity index is 1.35. The molecule has 8 nitrogen and oxygen atoms in total. The summed E-state index contributed by atoms with van der Waals surface area (Å²) in [6, 6.07) is 17.1. The number of carbonyl (C=O) groups excluding carboxylic acids is 1. The number of benzene rings is 3. The Morgan fingerprint density at radius 1 is 1.11 bits per heavy atom. The van der Waals surface area contributed by atoms with E-state index in [2.05, 4.69) is 16.0 Å².